The topological polar surface area (TPSA) is 67.2 Å². The van der Waals surface area contributed by atoms with Crippen LogP contribution in [0.2, 0.25) is 0 Å². The van der Waals surface area contributed by atoms with Crippen LogP contribution in [0.1, 0.15) is 55.2 Å². The normalized spacial score (nSPS) is 20.5. The molecule has 170 valence electrons. The molecule has 2 aromatic carbocycles. The molecule has 3 aromatic rings. The lowest BCUT2D eigenvalue weighted by molar-refractivity contribution is -0.133. The Balaban J connectivity index is 1.46. The maximum absolute atomic E-state index is 13.7. The highest BCUT2D eigenvalue weighted by molar-refractivity contribution is 6.01. The molecule has 0 fully saturated rings. The van der Waals surface area contributed by atoms with Gasteiger partial charge in [-0.1, -0.05) is 54.1 Å². The third-order valence-corrected chi connectivity index (χ3v) is 6.98. The van der Waals surface area contributed by atoms with Crippen molar-refractivity contribution in [2.75, 3.05) is 6.54 Å². The van der Waals surface area contributed by atoms with Gasteiger partial charge >= 0.3 is 0 Å². The van der Waals surface area contributed by atoms with Gasteiger partial charge in [0.25, 0.3) is 5.91 Å². The summed E-state index contributed by atoms with van der Waals surface area (Å²) in [5, 5.41) is 3.09. The number of nitrogens with one attached hydrogen (secondary N) is 1. The highest BCUT2D eigenvalue weighted by Crippen LogP contribution is 2.32. The average molecular weight is 443 g/mol. The number of benzene rings is 2. The Morgan fingerprint density at radius 1 is 1.09 bits per heavy atom. The summed E-state index contributed by atoms with van der Waals surface area (Å²) in [5.74, 6) is 0.106. The molecule has 5 rings (SSSR count). The first-order valence-electron chi connectivity index (χ1n) is 11.8. The number of aromatic nitrogens is 2. The summed E-state index contributed by atoms with van der Waals surface area (Å²) >= 11 is 0. The second-order valence-electron chi connectivity index (χ2n) is 9.27. The van der Waals surface area contributed by atoms with Crippen LogP contribution in [0.4, 0.5) is 0 Å². The van der Waals surface area contributed by atoms with Crippen molar-refractivity contribution >= 4 is 22.8 Å². The smallest absolute Gasteiger partial charge is 0.290 e. The van der Waals surface area contributed by atoms with Gasteiger partial charge < -0.3 is 14.8 Å². The fourth-order valence-electron chi connectivity index (χ4n) is 5.04. The number of hydrogen-bond acceptors (Lipinski definition) is 3. The number of allylic oxidation sites excluding steroid dienone is 1. The third-order valence-electron chi connectivity index (χ3n) is 6.98. The van der Waals surface area contributed by atoms with Crippen LogP contribution in [0.5, 0.6) is 0 Å². The zero-order chi connectivity index (χ0) is 22.8. The number of hydrogen-bond donors (Lipinski definition) is 1. The minimum Gasteiger partial charge on any atom is -0.350 e. The largest absolute Gasteiger partial charge is 0.350 e. The Hall–Kier alpha value is -3.41. The van der Waals surface area contributed by atoms with Gasteiger partial charge in [-0.25, -0.2) is 4.98 Å². The standard InChI is InChI=1S/C27H30N4O2/c1-27(26(33)28-18-21-12-6-3-7-13-21)19-30-23-15-9-8-14-22(23)29-24(30)25(32)31(27)17-16-20-10-4-2-5-11-20/h3,6-10,12-15H,2,4-5,11,16-19H2,1H3,(H,28,33)/t27-/m1/s1. The van der Waals surface area contributed by atoms with E-state index >= 15 is 0 Å². The van der Waals surface area contributed by atoms with E-state index in [1.54, 1.807) is 4.90 Å². The van der Waals surface area contributed by atoms with Crippen molar-refractivity contribution in [3.63, 3.8) is 0 Å². The zero-order valence-corrected chi connectivity index (χ0v) is 19.1. The van der Waals surface area contributed by atoms with Gasteiger partial charge in [0.1, 0.15) is 5.54 Å². The van der Waals surface area contributed by atoms with E-state index in [2.05, 4.69) is 16.4 Å². The molecule has 0 bridgehead atoms. The van der Waals surface area contributed by atoms with Crippen LogP contribution in [0.25, 0.3) is 11.0 Å². The van der Waals surface area contributed by atoms with E-state index in [1.165, 1.54) is 18.4 Å². The maximum Gasteiger partial charge on any atom is 0.290 e. The van der Waals surface area contributed by atoms with Crippen LogP contribution in [0.15, 0.2) is 66.2 Å². The molecule has 0 radical (unpaired) electrons. The Morgan fingerprint density at radius 2 is 1.88 bits per heavy atom. The fraction of sp³-hybridized carbons (Fsp3) is 0.370. The molecule has 2 aliphatic rings. The van der Waals surface area contributed by atoms with E-state index in [-0.39, 0.29) is 11.8 Å². The monoisotopic (exact) mass is 442 g/mol. The van der Waals surface area contributed by atoms with E-state index in [9.17, 15) is 9.59 Å². The predicted octanol–water partition coefficient (Wildman–Crippen LogP) is 4.46. The molecule has 1 aliphatic heterocycles. The molecule has 1 atom stereocenters. The Kier molecular flexibility index (Phi) is 5.75. The molecule has 0 unspecified atom stereocenters. The van der Waals surface area contributed by atoms with Gasteiger partial charge in [-0.2, -0.15) is 0 Å². The van der Waals surface area contributed by atoms with Crippen molar-refractivity contribution in [3.05, 3.63) is 77.6 Å². The molecule has 33 heavy (non-hydrogen) atoms. The zero-order valence-electron chi connectivity index (χ0n) is 19.1. The molecule has 2 amide bonds. The molecule has 1 aliphatic carbocycles. The van der Waals surface area contributed by atoms with Crippen molar-refractivity contribution in [1.29, 1.82) is 0 Å². The van der Waals surface area contributed by atoms with Crippen molar-refractivity contribution < 1.29 is 9.59 Å². The van der Waals surface area contributed by atoms with Crippen molar-refractivity contribution in [2.45, 2.75) is 57.7 Å². The molecule has 0 spiro atoms. The fourth-order valence-corrected chi connectivity index (χ4v) is 5.04. The SMILES string of the molecule is C[C@]1(C(=O)NCc2ccccc2)Cn2c(nc3ccccc32)C(=O)N1CCC1=CCCCC1. The van der Waals surface area contributed by atoms with E-state index < -0.39 is 5.54 Å². The van der Waals surface area contributed by atoms with E-state index in [0.29, 0.717) is 25.5 Å². The van der Waals surface area contributed by atoms with Crippen molar-refractivity contribution in [2.24, 2.45) is 0 Å². The summed E-state index contributed by atoms with van der Waals surface area (Å²) in [6.07, 6.45) is 7.72. The maximum atomic E-state index is 13.7. The van der Waals surface area contributed by atoms with Crippen molar-refractivity contribution in [1.82, 2.24) is 19.8 Å². The number of nitrogens with zero attached hydrogens (tertiary/aromatic N) is 3. The summed E-state index contributed by atoms with van der Waals surface area (Å²) in [5.41, 5.74) is 3.09. The number of para-hydroxylation sites is 2. The second kappa shape index (κ2) is 8.85. The highest BCUT2D eigenvalue weighted by Gasteiger charge is 2.48. The summed E-state index contributed by atoms with van der Waals surface area (Å²) in [6, 6.07) is 17.6. The number of carbonyl (C=O) groups is 2. The van der Waals surface area contributed by atoms with Crippen LogP contribution < -0.4 is 5.32 Å². The first kappa shape index (κ1) is 21.4. The van der Waals surface area contributed by atoms with Crippen molar-refractivity contribution in [3.8, 4) is 0 Å². The number of amides is 2. The Bertz CT molecular complexity index is 1210. The van der Waals surface area contributed by atoms with Gasteiger partial charge in [0.2, 0.25) is 5.91 Å². The summed E-state index contributed by atoms with van der Waals surface area (Å²) < 4.78 is 1.91. The molecular weight excluding hydrogens is 412 g/mol. The van der Waals surface area contributed by atoms with Crippen LogP contribution in [-0.4, -0.2) is 38.3 Å². The minimum absolute atomic E-state index is 0.138. The van der Waals surface area contributed by atoms with E-state index in [0.717, 1.165) is 35.9 Å². The minimum atomic E-state index is -1.00. The summed E-state index contributed by atoms with van der Waals surface area (Å²) in [7, 11) is 0. The third kappa shape index (κ3) is 4.06. The number of fused-ring (bicyclic) bond motifs is 3. The van der Waals surface area contributed by atoms with Gasteiger partial charge in [0, 0.05) is 13.1 Å². The van der Waals surface area contributed by atoms with Gasteiger partial charge in [0.15, 0.2) is 5.82 Å². The summed E-state index contributed by atoms with van der Waals surface area (Å²) in [6.45, 7) is 3.22. The lowest BCUT2D eigenvalue weighted by atomic mass is 9.92. The molecule has 6 nitrogen and oxygen atoms in total. The van der Waals surface area contributed by atoms with E-state index in [4.69, 9.17) is 0 Å². The number of carbonyl (C=O) groups excluding carboxylic acids is 2. The van der Waals surface area contributed by atoms with Gasteiger partial charge in [0.05, 0.1) is 17.6 Å². The van der Waals surface area contributed by atoms with Gasteiger partial charge in [-0.15, -0.1) is 0 Å². The molecule has 6 heteroatoms. The highest BCUT2D eigenvalue weighted by atomic mass is 16.2. The molecule has 2 heterocycles. The summed E-state index contributed by atoms with van der Waals surface area (Å²) in [4.78, 5) is 33.7. The predicted molar refractivity (Wildman–Crippen MR) is 129 cm³/mol. The number of imidazole rings is 1. The number of rotatable bonds is 6. The van der Waals surface area contributed by atoms with Gasteiger partial charge in [-0.3, -0.25) is 9.59 Å². The second-order valence-corrected chi connectivity index (χ2v) is 9.27. The molecule has 1 aromatic heterocycles. The van der Waals surface area contributed by atoms with Crippen LogP contribution >= 0.6 is 0 Å². The van der Waals surface area contributed by atoms with Gasteiger partial charge in [-0.05, 0) is 56.7 Å². The lowest BCUT2D eigenvalue weighted by Gasteiger charge is -2.43. The average Bonchev–Trinajstić information content (AvgIpc) is 3.22. The lowest BCUT2D eigenvalue weighted by Crippen LogP contribution is -2.64. The molecule has 0 saturated heterocycles. The Morgan fingerprint density at radius 3 is 2.67 bits per heavy atom. The Labute approximate surface area is 194 Å². The van der Waals surface area contributed by atoms with E-state index in [1.807, 2.05) is 66.1 Å². The molecule has 0 saturated carbocycles. The van der Waals surface area contributed by atoms with Crippen LogP contribution in [0.3, 0.4) is 0 Å². The first-order valence-corrected chi connectivity index (χ1v) is 11.8. The molecule has 1 N–H and O–H groups in total. The van der Waals surface area contributed by atoms with Crippen LogP contribution in [-0.2, 0) is 17.9 Å². The quantitative estimate of drug-likeness (QED) is 0.573. The van der Waals surface area contributed by atoms with Crippen LogP contribution in [0, 0.1) is 0 Å². The first-order chi connectivity index (χ1) is 16.1. The molecular formula is C27H30N4O2.